The molecule has 0 unspecified atom stereocenters. The van der Waals surface area contributed by atoms with Crippen LogP contribution in [-0.4, -0.2) is 17.6 Å². The average Bonchev–Trinajstić information content (AvgIpc) is 2.53. The Morgan fingerprint density at radius 3 is 2.22 bits per heavy atom. The zero-order chi connectivity index (χ0) is 16.9. The van der Waals surface area contributed by atoms with E-state index in [9.17, 15) is 9.90 Å². The van der Waals surface area contributed by atoms with Gasteiger partial charge in [-0.05, 0) is 55.7 Å². The maximum Gasteiger partial charge on any atom is 0.262 e. The van der Waals surface area contributed by atoms with E-state index in [4.69, 9.17) is 4.74 Å². The Bertz CT molecular complexity index is 640. The third-order valence-corrected chi connectivity index (χ3v) is 3.58. The van der Waals surface area contributed by atoms with Gasteiger partial charge >= 0.3 is 0 Å². The van der Waals surface area contributed by atoms with Crippen molar-refractivity contribution in [1.82, 2.24) is 0 Å². The molecule has 2 rings (SSSR count). The Labute approximate surface area is 137 Å². The standard InChI is InChI=1S/C19H23NO3/c1-4-14-5-9-16(10-6-14)20-18(21)13-23-17-11-7-15(8-12-17)19(2,3)22/h5-12,22H,4,13H2,1-3H3,(H,20,21). The number of amides is 1. The highest BCUT2D eigenvalue weighted by Gasteiger charge is 2.15. The molecule has 0 saturated heterocycles. The lowest BCUT2D eigenvalue weighted by Gasteiger charge is -2.17. The van der Waals surface area contributed by atoms with E-state index in [0.717, 1.165) is 17.7 Å². The molecule has 2 N–H and O–H groups in total. The van der Waals surface area contributed by atoms with E-state index < -0.39 is 5.60 Å². The minimum Gasteiger partial charge on any atom is -0.484 e. The highest BCUT2D eigenvalue weighted by molar-refractivity contribution is 5.91. The molecule has 0 spiro atoms. The van der Waals surface area contributed by atoms with Crippen LogP contribution in [-0.2, 0) is 16.8 Å². The molecule has 2 aromatic carbocycles. The van der Waals surface area contributed by atoms with Crippen molar-refractivity contribution in [2.75, 3.05) is 11.9 Å². The van der Waals surface area contributed by atoms with Gasteiger partial charge in [-0.15, -0.1) is 0 Å². The second-order valence-corrected chi connectivity index (χ2v) is 5.97. The van der Waals surface area contributed by atoms with Crippen LogP contribution >= 0.6 is 0 Å². The van der Waals surface area contributed by atoms with Gasteiger partial charge in [0.25, 0.3) is 5.91 Å². The van der Waals surface area contributed by atoms with E-state index >= 15 is 0 Å². The van der Waals surface area contributed by atoms with Crippen molar-refractivity contribution >= 4 is 11.6 Å². The first-order valence-electron chi connectivity index (χ1n) is 7.73. The first-order chi connectivity index (χ1) is 10.9. The average molecular weight is 313 g/mol. The van der Waals surface area contributed by atoms with Gasteiger partial charge in [-0.2, -0.15) is 0 Å². The van der Waals surface area contributed by atoms with Crippen molar-refractivity contribution in [3.63, 3.8) is 0 Å². The van der Waals surface area contributed by atoms with Gasteiger partial charge < -0.3 is 15.2 Å². The molecule has 0 atom stereocenters. The molecular weight excluding hydrogens is 290 g/mol. The molecule has 23 heavy (non-hydrogen) atoms. The van der Waals surface area contributed by atoms with Gasteiger partial charge in [0.15, 0.2) is 6.61 Å². The van der Waals surface area contributed by atoms with Crippen LogP contribution in [0.5, 0.6) is 5.75 Å². The topological polar surface area (TPSA) is 58.6 Å². The molecule has 4 heteroatoms. The molecule has 0 saturated carbocycles. The Balaban J connectivity index is 1.86. The van der Waals surface area contributed by atoms with Crippen LogP contribution in [0.25, 0.3) is 0 Å². The van der Waals surface area contributed by atoms with Gasteiger partial charge in [0.05, 0.1) is 5.60 Å². The van der Waals surface area contributed by atoms with Crippen LogP contribution in [0.15, 0.2) is 48.5 Å². The molecule has 0 bridgehead atoms. The van der Waals surface area contributed by atoms with E-state index in [0.29, 0.717) is 5.75 Å². The van der Waals surface area contributed by atoms with E-state index in [-0.39, 0.29) is 12.5 Å². The van der Waals surface area contributed by atoms with Crippen LogP contribution in [0.1, 0.15) is 31.9 Å². The number of anilines is 1. The lowest BCUT2D eigenvalue weighted by atomic mass is 9.99. The maximum atomic E-state index is 11.9. The largest absolute Gasteiger partial charge is 0.484 e. The van der Waals surface area contributed by atoms with Crippen LogP contribution in [0, 0.1) is 0 Å². The van der Waals surface area contributed by atoms with Gasteiger partial charge in [0.2, 0.25) is 0 Å². The van der Waals surface area contributed by atoms with Crippen molar-refractivity contribution in [1.29, 1.82) is 0 Å². The second-order valence-electron chi connectivity index (χ2n) is 5.97. The Kier molecular flexibility index (Phi) is 5.40. The SMILES string of the molecule is CCc1ccc(NC(=O)COc2ccc(C(C)(C)O)cc2)cc1. The fourth-order valence-corrected chi connectivity index (χ4v) is 2.13. The summed E-state index contributed by atoms with van der Waals surface area (Å²) < 4.78 is 5.46. The lowest BCUT2D eigenvalue weighted by molar-refractivity contribution is -0.118. The number of aryl methyl sites for hydroxylation is 1. The van der Waals surface area contributed by atoms with Crippen molar-refractivity contribution in [2.45, 2.75) is 32.8 Å². The van der Waals surface area contributed by atoms with Crippen molar-refractivity contribution in [2.24, 2.45) is 0 Å². The first kappa shape index (κ1) is 17.0. The highest BCUT2D eigenvalue weighted by atomic mass is 16.5. The van der Waals surface area contributed by atoms with Crippen LogP contribution in [0.2, 0.25) is 0 Å². The molecule has 1 amide bonds. The van der Waals surface area contributed by atoms with E-state index in [1.54, 1.807) is 38.1 Å². The molecule has 0 aliphatic carbocycles. The minimum absolute atomic E-state index is 0.0581. The molecular formula is C19H23NO3. The molecule has 4 nitrogen and oxygen atoms in total. The number of hydrogen-bond donors (Lipinski definition) is 2. The summed E-state index contributed by atoms with van der Waals surface area (Å²) in [6.45, 7) is 5.47. The third kappa shape index (κ3) is 5.11. The Morgan fingerprint density at radius 2 is 1.70 bits per heavy atom. The molecule has 0 aromatic heterocycles. The number of ether oxygens (including phenoxy) is 1. The minimum atomic E-state index is -0.888. The lowest BCUT2D eigenvalue weighted by Crippen LogP contribution is -2.20. The summed E-state index contributed by atoms with van der Waals surface area (Å²) in [5.41, 5.74) is 1.89. The highest BCUT2D eigenvalue weighted by Crippen LogP contribution is 2.22. The van der Waals surface area contributed by atoms with Gasteiger partial charge in [0, 0.05) is 5.69 Å². The predicted molar refractivity (Wildman–Crippen MR) is 91.6 cm³/mol. The molecule has 2 aromatic rings. The third-order valence-electron chi connectivity index (χ3n) is 3.58. The smallest absolute Gasteiger partial charge is 0.262 e. The van der Waals surface area contributed by atoms with Crippen molar-refractivity contribution < 1.29 is 14.6 Å². The first-order valence-corrected chi connectivity index (χ1v) is 7.73. The second kappa shape index (κ2) is 7.29. The molecule has 0 aliphatic rings. The van der Waals surface area contributed by atoms with Crippen LogP contribution in [0.3, 0.4) is 0 Å². The van der Waals surface area contributed by atoms with Crippen molar-refractivity contribution in [3.8, 4) is 5.75 Å². The molecule has 0 fully saturated rings. The zero-order valence-corrected chi connectivity index (χ0v) is 13.8. The Morgan fingerprint density at radius 1 is 1.09 bits per heavy atom. The van der Waals surface area contributed by atoms with Crippen molar-refractivity contribution in [3.05, 3.63) is 59.7 Å². The zero-order valence-electron chi connectivity index (χ0n) is 13.8. The van der Waals surface area contributed by atoms with Gasteiger partial charge in [0.1, 0.15) is 5.75 Å². The molecule has 0 radical (unpaired) electrons. The summed E-state index contributed by atoms with van der Waals surface area (Å²) >= 11 is 0. The number of hydrogen-bond acceptors (Lipinski definition) is 3. The van der Waals surface area contributed by atoms with Crippen LogP contribution in [0.4, 0.5) is 5.69 Å². The van der Waals surface area contributed by atoms with E-state index in [1.165, 1.54) is 5.56 Å². The Hall–Kier alpha value is -2.33. The van der Waals surface area contributed by atoms with E-state index in [1.807, 2.05) is 24.3 Å². The number of aliphatic hydroxyl groups is 1. The predicted octanol–water partition coefficient (Wildman–Crippen LogP) is 3.49. The summed E-state index contributed by atoms with van der Waals surface area (Å²) in [6.07, 6.45) is 0.970. The summed E-state index contributed by atoms with van der Waals surface area (Å²) in [6, 6.07) is 14.8. The number of carbonyl (C=O) groups is 1. The van der Waals surface area contributed by atoms with Gasteiger partial charge in [-0.3, -0.25) is 4.79 Å². The number of benzene rings is 2. The molecule has 0 heterocycles. The van der Waals surface area contributed by atoms with Gasteiger partial charge in [-0.1, -0.05) is 31.2 Å². The fraction of sp³-hybridized carbons (Fsp3) is 0.316. The van der Waals surface area contributed by atoms with Gasteiger partial charge in [-0.25, -0.2) is 0 Å². The fourth-order valence-electron chi connectivity index (χ4n) is 2.13. The number of nitrogens with one attached hydrogen (secondary N) is 1. The van der Waals surface area contributed by atoms with Crippen LogP contribution < -0.4 is 10.1 Å². The van der Waals surface area contributed by atoms with E-state index in [2.05, 4.69) is 12.2 Å². The number of rotatable bonds is 6. The molecule has 122 valence electrons. The number of carbonyl (C=O) groups excluding carboxylic acids is 1. The summed E-state index contributed by atoms with van der Waals surface area (Å²) in [4.78, 5) is 11.9. The summed E-state index contributed by atoms with van der Waals surface area (Å²) in [5, 5.41) is 12.7. The summed E-state index contributed by atoms with van der Waals surface area (Å²) in [7, 11) is 0. The maximum absolute atomic E-state index is 11.9. The normalized spacial score (nSPS) is 11.1. The summed E-state index contributed by atoms with van der Waals surface area (Å²) in [5.74, 6) is 0.385. The quantitative estimate of drug-likeness (QED) is 0.858. The monoisotopic (exact) mass is 313 g/mol. The molecule has 0 aliphatic heterocycles.